The summed E-state index contributed by atoms with van der Waals surface area (Å²) in [6.45, 7) is 0. The normalized spacial score (nSPS) is 16.9. The van der Waals surface area contributed by atoms with Crippen molar-refractivity contribution in [1.82, 2.24) is 4.98 Å². The zero-order chi connectivity index (χ0) is 11.8. The molecule has 1 aliphatic rings. The number of aromatic nitrogens is 1. The summed E-state index contributed by atoms with van der Waals surface area (Å²) < 4.78 is 0. The van der Waals surface area contributed by atoms with Crippen molar-refractivity contribution in [1.29, 1.82) is 0 Å². The highest BCUT2D eigenvalue weighted by Gasteiger charge is 2.36. The van der Waals surface area contributed by atoms with Crippen LogP contribution in [0.25, 0.3) is 10.9 Å². The van der Waals surface area contributed by atoms with Crippen molar-refractivity contribution in [3.63, 3.8) is 0 Å². The molecule has 3 nitrogen and oxygen atoms in total. The van der Waals surface area contributed by atoms with Gasteiger partial charge in [0.1, 0.15) is 0 Å². The molecule has 17 heavy (non-hydrogen) atoms. The van der Waals surface area contributed by atoms with Crippen LogP contribution in [0.3, 0.4) is 0 Å². The average Bonchev–Trinajstić information content (AvgIpc) is 3.14. The second kappa shape index (κ2) is 3.84. The van der Waals surface area contributed by atoms with Crippen LogP contribution in [0.15, 0.2) is 36.5 Å². The molecule has 0 radical (unpaired) electrons. The summed E-state index contributed by atoms with van der Waals surface area (Å²) in [5.41, 5.74) is 7.50. The molecule has 0 spiro atoms. The van der Waals surface area contributed by atoms with E-state index in [2.05, 4.69) is 4.98 Å². The van der Waals surface area contributed by atoms with Crippen molar-refractivity contribution in [2.45, 2.75) is 18.8 Å². The summed E-state index contributed by atoms with van der Waals surface area (Å²) in [5, 5.41) is 1.05. The van der Waals surface area contributed by atoms with Crippen LogP contribution in [0.5, 0.6) is 0 Å². The van der Waals surface area contributed by atoms with E-state index in [-0.39, 0.29) is 11.8 Å². The fraction of sp³-hybridized carbons (Fsp3) is 0.286. The van der Waals surface area contributed by atoms with Crippen LogP contribution in [0.1, 0.15) is 24.3 Å². The number of nitrogens with zero attached hydrogens (tertiary/aromatic N) is 1. The lowest BCUT2D eigenvalue weighted by atomic mass is 9.91. The molecule has 1 heterocycles. The summed E-state index contributed by atoms with van der Waals surface area (Å²) in [4.78, 5) is 15.9. The Morgan fingerprint density at radius 2 is 2.06 bits per heavy atom. The number of hydrogen-bond donors (Lipinski definition) is 1. The summed E-state index contributed by atoms with van der Waals surface area (Å²) >= 11 is 0. The molecule has 0 saturated heterocycles. The summed E-state index contributed by atoms with van der Waals surface area (Å²) in [6, 6.07) is 9.82. The highest BCUT2D eigenvalue weighted by molar-refractivity contribution is 5.91. The number of nitrogens with two attached hydrogens (primary N) is 1. The van der Waals surface area contributed by atoms with Crippen LogP contribution in [0.2, 0.25) is 0 Å². The number of amides is 1. The predicted molar refractivity (Wildman–Crippen MR) is 66.4 cm³/mol. The minimum absolute atomic E-state index is 0.150. The number of hydrogen-bond acceptors (Lipinski definition) is 2. The standard InChI is InChI=1S/C14H14N2O/c15-14(17)13(9-5-6-9)11-7-8-16-12-4-2-1-3-10(11)12/h1-4,7-9,13H,5-6H2,(H2,15,17). The Bertz CT molecular complexity index is 570. The highest BCUT2D eigenvalue weighted by atomic mass is 16.1. The molecule has 2 N–H and O–H groups in total. The number of para-hydroxylation sites is 1. The van der Waals surface area contributed by atoms with Crippen LogP contribution in [-0.4, -0.2) is 10.9 Å². The Kier molecular flexibility index (Phi) is 2.32. The molecular formula is C14H14N2O. The molecule has 1 aliphatic carbocycles. The smallest absolute Gasteiger partial charge is 0.225 e. The predicted octanol–water partition coefficient (Wildman–Crippen LogP) is 2.21. The van der Waals surface area contributed by atoms with E-state index >= 15 is 0 Å². The van der Waals surface area contributed by atoms with Gasteiger partial charge in [-0.25, -0.2) is 0 Å². The lowest BCUT2D eigenvalue weighted by Crippen LogP contribution is -2.23. The molecule has 1 aromatic carbocycles. The van der Waals surface area contributed by atoms with E-state index in [9.17, 15) is 4.79 Å². The van der Waals surface area contributed by atoms with Crippen molar-refractivity contribution in [2.24, 2.45) is 11.7 Å². The molecular weight excluding hydrogens is 212 g/mol. The van der Waals surface area contributed by atoms with E-state index in [1.165, 1.54) is 0 Å². The maximum atomic E-state index is 11.6. The number of carbonyl (C=O) groups is 1. The van der Waals surface area contributed by atoms with E-state index in [0.717, 1.165) is 29.3 Å². The molecule has 3 heteroatoms. The molecule has 0 bridgehead atoms. The van der Waals surface area contributed by atoms with Crippen LogP contribution in [0, 0.1) is 5.92 Å². The number of benzene rings is 1. The van der Waals surface area contributed by atoms with Gasteiger partial charge >= 0.3 is 0 Å². The van der Waals surface area contributed by atoms with Gasteiger partial charge in [0, 0.05) is 11.6 Å². The maximum absolute atomic E-state index is 11.6. The van der Waals surface area contributed by atoms with E-state index in [1.807, 2.05) is 30.3 Å². The fourth-order valence-electron chi connectivity index (χ4n) is 2.46. The zero-order valence-corrected chi connectivity index (χ0v) is 9.47. The van der Waals surface area contributed by atoms with Crippen LogP contribution in [-0.2, 0) is 4.79 Å². The second-order valence-corrected chi connectivity index (χ2v) is 4.63. The highest BCUT2D eigenvalue weighted by Crippen LogP contribution is 2.43. The molecule has 1 amide bonds. The van der Waals surface area contributed by atoms with Gasteiger partial charge in [-0.2, -0.15) is 0 Å². The molecule has 1 fully saturated rings. The number of rotatable bonds is 3. The Morgan fingerprint density at radius 3 is 2.76 bits per heavy atom. The first-order valence-electron chi connectivity index (χ1n) is 5.90. The van der Waals surface area contributed by atoms with Crippen LogP contribution < -0.4 is 5.73 Å². The molecule has 0 aliphatic heterocycles. The van der Waals surface area contributed by atoms with Gasteiger partial charge in [-0.15, -0.1) is 0 Å². The first-order valence-corrected chi connectivity index (χ1v) is 5.90. The third-order valence-corrected chi connectivity index (χ3v) is 3.42. The molecule has 1 aromatic heterocycles. The minimum atomic E-state index is -0.219. The maximum Gasteiger partial charge on any atom is 0.225 e. The quantitative estimate of drug-likeness (QED) is 0.872. The number of carbonyl (C=O) groups excluding carboxylic acids is 1. The van der Waals surface area contributed by atoms with Gasteiger partial charge in [0.05, 0.1) is 11.4 Å². The van der Waals surface area contributed by atoms with Crippen molar-refractivity contribution < 1.29 is 4.79 Å². The molecule has 86 valence electrons. The third-order valence-electron chi connectivity index (χ3n) is 3.42. The minimum Gasteiger partial charge on any atom is -0.369 e. The van der Waals surface area contributed by atoms with Crippen molar-refractivity contribution in [2.75, 3.05) is 0 Å². The SMILES string of the molecule is NC(=O)C(c1ccnc2ccccc12)C1CC1. The Morgan fingerprint density at radius 1 is 1.29 bits per heavy atom. The first kappa shape index (κ1) is 10.3. The van der Waals surface area contributed by atoms with Crippen molar-refractivity contribution in [3.05, 3.63) is 42.1 Å². The first-order chi connectivity index (χ1) is 8.27. The third kappa shape index (κ3) is 1.78. The topological polar surface area (TPSA) is 56.0 Å². The largest absolute Gasteiger partial charge is 0.369 e. The molecule has 3 rings (SSSR count). The molecule has 1 atom stereocenters. The average molecular weight is 226 g/mol. The number of primary amides is 1. The zero-order valence-electron chi connectivity index (χ0n) is 9.47. The van der Waals surface area contributed by atoms with Gasteiger partial charge in [-0.3, -0.25) is 9.78 Å². The van der Waals surface area contributed by atoms with Crippen molar-refractivity contribution >= 4 is 16.8 Å². The number of fused-ring (bicyclic) bond motifs is 1. The van der Waals surface area contributed by atoms with Crippen molar-refractivity contribution in [3.8, 4) is 0 Å². The molecule has 1 unspecified atom stereocenters. The van der Waals surface area contributed by atoms with Crippen LogP contribution >= 0.6 is 0 Å². The van der Waals surface area contributed by atoms with Gasteiger partial charge < -0.3 is 5.73 Å². The number of pyridine rings is 1. The summed E-state index contributed by atoms with van der Waals surface area (Å²) in [5.74, 6) is 0.0602. The molecule has 2 aromatic rings. The van der Waals surface area contributed by atoms with Gasteiger partial charge in [0.25, 0.3) is 0 Å². The Hall–Kier alpha value is -1.90. The lowest BCUT2D eigenvalue weighted by molar-refractivity contribution is -0.119. The van der Waals surface area contributed by atoms with Gasteiger partial charge in [0.2, 0.25) is 5.91 Å². The lowest BCUT2D eigenvalue weighted by Gasteiger charge is -2.14. The molecule has 1 saturated carbocycles. The monoisotopic (exact) mass is 226 g/mol. The van der Waals surface area contributed by atoms with E-state index in [4.69, 9.17) is 5.73 Å². The van der Waals surface area contributed by atoms with E-state index in [1.54, 1.807) is 6.20 Å². The van der Waals surface area contributed by atoms with Gasteiger partial charge in [-0.05, 0) is 36.5 Å². The fourth-order valence-corrected chi connectivity index (χ4v) is 2.46. The van der Waals surface area contributed by atoms with E-state index in [0.29, 0.717) is 5.92 Å². The summed E-state index contributed by atoms with van der Waals surface area (Å²) in [6.07, 6.45) is 3.96. The second-order valence-electron chi connectivity index (χ2n) is 4.63. The van der Waals surface area contributed by atoms with Gasteiger partial charge in [-0.1, -0.05) is 18.2 Å². The summed E-state index contributed by atoms with van der Waals surface area (Å²) in [7, 11) is 0. The Labute approximate surface area is 99.7 Å². The van der Waals surface area contributed by atoms with E-state index < -0.39 is 0 Å². The Balaban J connectivity index is 2.18. The van der Waals surface area contributed by atoms with Gasteiger partial charge in [0.15, 0.2) is 0 Å². The van der Waals surface area contributed by atoms with Crippen LogP contribution in [0.4, 0.5) is 0 Å².